The summed E-state index contributed by atoms with van der Waals surface area (Å²) in [5.41, 5.74) is 1.07. The van der Waals surface area contributed by atoms with Gasteiger partial charge in [0.05, 0.1) is 6.42 Å². The fraction of sp³-hybridized carbons (Fsp3) is 0.400. The molecule has 20 heavy (non-hydrogen) atoms. The molecule has 0 unspecified atom stereocenters. The monoisotopic (exact) mass is 277 g/mol. The lowest BCUT2D eigenvalue weighted by molar-refractivity contribution is -0.136. The number of Topliss-reactive ketones (excluding diaryl/α,β-unsaturated/α-hetero) is 1. The van der Waals surface area contributed by atoms with Crippen LogP contribution in [-0.4, -0.2) is 29.3 Å². The molecule has 0 radical (unpaired) electrons. The Balaban J connectivity index is 3.02. The molecular weight excluding hydrogens is 258 g/mol. The van der Waals surface area contributed by atoms with Crippen molar-refractivity contribution in [2.45, 2.75) is 33.1 Å². The number of nitrogens with zero attached hydrogens (tertiary/aromatic N) is 1. The van der Waals surface area contributed by atoms with Crippen LogP contribution < -0.4 is 4.90 Å². The molecule has 1 amide bonds. The van der Waals surface area contributed by atoms with Gasteiger partial charge in [0.25, 0.3) is 0 Å². The molecule has 0 atom stereocenters. The van der Waals surface area contributed by atoms with Crippen molar-refractivity contribution in [3.8, 4) is 0 Å². The summed E-state index contributed by atoms with van der Waals surface area (Å²) in [5, 5.41) is 8.77. The van der Waals surface area contributed by atoms with Crippen molar-refractivity contribution in [2.24, 2.45) is 0 Å². The second-order valence-electron chi connectivity index (χ2n) is 4.55. The lowest BCUT2D eigenvalue weighted by Crippen LogP contribution is -2.32. The van der Waals surface area contributed by atoms with Gasteiger partial charge >= 0.3 is 5.97 Å². The number of carboxylic acid groups (broad SMARTS) is 1. The van der Waals surface area contributed by atoms with E-state index >= 15 is 0 Å². The number of rotatable bonds is 7. The highest BCUT2D eigenvalue weighted by molar-refractivity contribution is 5.98. The Bertz CT molecular complexity index is 510. The van der Waals surface area contributed by atoms with Crippen LogP contribution in [0, 0.1) is 0 Å². The summed E-state index contributed by atoms with van der Waals surface area (Å²) >= 11 is 0. The van der Waals surface area contributed by atoms with Crippen LogP contribution in [-0.2, 0) is 9.59 Å². The Morgan fingerprint density at radius 2 is 1.90 bits per heavy atom. The number of anilines is 1. The highest BCUT2D eigenvalue weighted by Gasteiger charge is 2.16. The van der Waals surface area contributed by atoms with Gasteiger partial charge in [-0.1, -0.05) is 19.1 Å². The predicted molar refractivity (Wildman–Crippen MR) is 76.0 cm³/mol. The van der Waals surface area contributed by atoms with E-state index in [2.05, 4.69) is 0 Å². The average molecular weight is 277 g/mol. The van der Waals surface area contributed by atoms with E-state index < -0.39 is 5.97 Å². The topological polar surface area (TPSA) is 74.7 Å². The van der Waals surface area contributed by atoms with E-state index in [0.29, 0.717) is 24.1 Å². The third-order valence-corrected chi connectivity index (χ3v) is 2.88. The Morgan fingerprint density at radius 3 is 2.45 bits per heavy atom. The minimum atomic E-state index is -0.956. The largest absolute Gasteiger partial charge is 0.481 e. The Labute approximate surface area is 118 Å². The van der Waals surface area contributed by atoms with Crippen LogP contribution in [0.4, 0.5) is 5.69 Å². The van der Waals surface area contributed by atoms with Crippen LogP contribution in [0.1, 0.15) is 43.5 Å². The van der Waals surface area contributed by atoms with Gasteiger partial charge in [-0.05, 0) is 25.5 Å². The van der Waals surface area contributed by atoms with Crippen LogP contribution in [0.5, 0.6) is 0 Å². The molecule has 0 fully saturated rings. The molecule has 108 valence electrons. The van der Waals surface area contributed by atoms with Gasteiger partial charge in [0.15, 0.2) is 5.78 Å². The normalized spacial score (nSPS) is 10.1. The predicted octanol–water partition coefficient (Wildman–Crippen LogP) is 2.50. The highest BCUT2D eigenvalue weighted by Crippen LogP contribution is 2.18. The summed E-state index contributed by atoms with van der Waals surface area (Å²) in [6.07, 6.45) is 0.915. The van der Waals surface area contributed by atoms with Crippen molar-refractivity contribution < 1.29 is 19.5 Å². The molecule has 0 spiro atoms. The number of carboxylic acids is 1. The first-order valence-corrected chi connectivity index (χ1v) is 6.59. The highest BCUT2D eigenvalue weighted by atomic mass is 16.4. The lowest BCUT2D eigenvalue weighted by atomic mass is 10.1. The van der Waals surface area contributed by atoms with Gasteiger partial charge in [0, 0.05) is 24.2 Å². The summed E-state index contributed by atoms with van der Waals surface area (Å²) in [5.74, 6) is -1.18. The maximum atomic E-state index is 12.1. The van der Waals surface area contributed by atoms with Crippen molar-refractivity contribution in [1.82, 2.24) is 0 Å². The molecule has 1 rings (SSSR count). The Hall–Kier alpha value is -2.17. The molecule has 0 aromatic heterocycles. The number of hydrogen-bond donors (Lipinski definition) is 1. The summed E-state index contributed by atoms with van der Waals surface area (Å²) in [6, 6.07) is 6.70. The van der Waals surface area contributed by atoms with Crippen LogP contribution in [0.25, 0.3) is 0 Å². The maximum Gasteiger partial charge on any atom is 0.305 e. The van der Waals surface area contributed by atoms with Crippen LogP contribution >= 0.6 is 0 Å². The molecule has 0 aliphatic carbocycles. The molecule has 0 aliphatic heterocycles. The quantitative estimate of drug-likeness (QED) is 0.777. The average Bonchev–Trinajstić information content (AvgIpc) is 2.39. The molecule has 5 nitrogen and oxygen atoms in total. The number of carbonyl (C=O) groups excluding carboxylic acids is 2. The van der Waals surface area contributed by atoms with Crippen LogP contribution in [0.2, 0.25) is 0 Å². The molecular formula is C15H19NO4. The third-order valence-electron chi connectivity index (χ3n) is 2.88. The summed E-state index contributed by atoms with van der Waals surface area (Å²) < 4.78 is 0. The minimum Gasteiger partial charge on any atom is -0.481 e. The first-order chi connectivity index (χ1) is 9.45. The summed E-state index contributed by atoms with van der Waals surface area (Å²) in [6.45, 7) is 3.45. The van der Waals surface area contributed by atoms with Crippen LogP contribution in [0.3, 0.4) is 0 Å². The zero-order chi connectivity index (χ0) is 15.1. The van der Waals surface area contributed by atoms with Crippen molar-refractivity contribution >= 4 is 23.3 Å². The van der Waals surface area contributed by atoms with Crippen molar-refractivity contribution in [3.63, 3.8) is 0 Å². The second kappa shape index (κ2) is 7.43. The number of amides is 1. The van der Waals surface area contributed by atoms with Crippen molar-refractivity contribution in [2.75, 3.05) is 11.4 Å². The third kappa shape index (κ3) is 4.50. The van der Waals surface area contributed by atoms with Gasteiger partial charge < -0.3 is 10.0 Å². The zero-order valence-corrected chi connectivity index (χ0v) is 11.8. The SMILES string of the molecule is CCCC(=O)N(CCC(=O)O)c1cccc(C(C)=O)c1. The van der Waals surface area contributed by atoms with Crippen molar-refractivity contribution in [1.29, 1.82) is 0 Å². The van der Waals surface area contributed by atoms with Crippen molar-refractivity contribution in [3.05, 3.63) is 29.8 Å². The number of benzene rings is 1. The van der Waals surface area contributed by atoms with E-state index in [1.54, 1.807) is 24.3 Å². The fourth-order valence-electron chi connectivity index (χ4n) is 1.85. The minimum absolute atomic E-state index is 0.0898. The number of aliphatic carboxylic acids is 1. The molecule has 1 aromatic carbocycles. The molecule has 0 bridgehead atoms. The van der Waals surface area contributed by atoms with Crippen LogP contribution in [0.15, 0.2) is 24.3 Å². The molecule has 0 aliphatic rings. The first-order valence-electron chi connectivity index (χ1n) is 6.59. The molecule has 0 heterocycles. The molecule has 0 saturated heterocycles. The molecule has 0 saturated carbocycles. The van der Waals surface area contributed by atoms with Gasteiger partial charge in [-0.15, -0.1) is 0 Å². The summed E-state index contributed by atoms with van der Waals surface area (Å²) in [4.78, 5) is 35.6. The zero-order valence-electron chi connectivity index (χ0n) is 11.8. The molecule has 1 aromatic rings. The standard InChI is InChI=1S/C15H19NO4/c1-3-5-14(18)16(9-8-15(19)20)13-7-4-6-12(10-13)11(2)17/h4,6-7,10H,3,5,8-9H2,1-2H3,(H,19,20). The Kier molecular flexibility index (Phi) is 5.90. The smallest absolute Gasteiger partial charge is 0.305 e. The number of ketones is 1. The second-order valence-corrected chi connectivity index (χ2v) is 4.55. The van der Waals surface area contributed by atoms with Gasteiger partial charge in [0.1, 0.15) is 0 Å². The summed E-state index contributed by atoms with van der Waals surface area (Å²) in [7, 11) is 0. The van der Waals surface area contributed by atoms with E-state index in [9.17, 15) is 14.4 Å². The fourth-order valence-corrected chi connectivity index (χ4v) is 1.85. The maximum absolute atomic E-state index is 12.1. The lowest BCUT2D eigenvalue weighted by Gasteiger charge is -2.22. The number of hydrogen-bond acceptors (Lipinski definition) is 3. The van der Waals surface area contributed by atoms with Gasteiger partial charge in [-0.25, -0.2) is 0 Å². The van der Waals surface area contributed by atoms with Gasteiger partial charge in [-0.3, -0.25) is 14.4 Å². The van der Waals surface area contributed by atoms with E-state index in [1.165, 1.54) is 11.8 Å². The molecule has 1 N–H and O–H groups in total. The first kappa shape index (κ1) is 15.9. The van der Waals surface area contributed by atoms with E-state index in [-0.39, 0.29) is 24.7 Å². The van der Waals surface area contributed by atoms with E-state index in [0.717, 1.165) is 0 Å². The van der Waals surface area contributed by atoms with Gasteiger partial charge in [0.2, 0.25) is 5.91 Å². The molecule has 5 heteroatoms. The Morgan fingerprint density at radius 1 is 1.20 bits per heavy atom. The van der Waals surface area contributed by atoms with E-state index in [1.807, 2.05) is 6.92 Å². The number of carbonyl (C=O) groups is 3. The van der Waals surface area contributed by atoms with Gasteiger partial charge in [-0.2, -0.15) is 0 Å². The van der Waals surface area contributed by atoms with E-state index in [4.69, 9.17) is 5.11 Å².